The van der Waals surface area contributed by atoms with Gasteiger partial charge in [-0.15, -0.1) is 0 Å². The largest absolute Gasteiger partial charge is 0.507 e. The maximum atomic E-state index is 16.0. The molecule has 0 radical (unpaired) electrons. The van der Waals surface area contributed by atoms with Crippen molar-refractivity contribution in [3.63, 3.8) is 0 Å². The number of hydrogen-bond acceptors (Lipinski definition) is 8. The standard InChI is InChI=1S/C33H35F5N6O4/c1-16-11-12-39-25(19(4)33(36,37)38)27(16)44-29-20(13-22(35)26(40-29)24-21(34)9-8-10-23(24)45)28(41-30(44)46)42-14-18(3)43(15-17(42)2)31(47)48-32(5,6)7/h8-13,17-19,45H,14-15H2,1-7H3/t17-,18+,19+/m0/s1. The number of halogens is 5. The van der Waals surface area contributed by atoms with Crippen LogP contribution in [0.4, 0.5) is 32.6 Å². The van der Waals surface area contributed by atoms with Crippen LogP contribution in [0.2, 0.25) is 0 Å². The fraction of sp³-hybridized carbons (Fsp3) is 0.424. The summed E-state index contributed by atoms with van der Waals surface area (Å²) in [6, 6.07) is 4.69. The molecule has 4 aromatic rings. The number of aryl methyl sites for hydroxylation is 1. The molecule has 48 heavy (non-hydrogen) atoms. The maximum absolute atomic E-state index is 16.0. The van der Waals surface area contributed by atoms with Crippen molar-refractivity contribution < 1.29 is 36.6 Å². The van der Waals surface area contributed by atoms with Gasteiger partial charge in [-0.25, -0.2) is 27.9 Å². The monoisotopic (exact) mass is 674 g/mol. The van der Waals surface area contributed by atoms with Gasteiger partial charge in [0.05, 0.1) is 28.2 Å². The number of anilines is 1. The highest BCUT2D eigenvalue weighted by Gasteiger charge is 2.41. The molecule has 4 heterocycles. The molecule has 0 spiro atoms. The number of aromatic nitrogens is 4. The van der Waals surface area contributed by atoms with Crippen LogP contribution in [-0.4, -0.2) is 72.6 Å². The molecule has 256 valence electrons. The van der Waals surface area contributed by atoms with Gasteiger partial charge in [0, 0.05) is 31.4 Å². The number of rotatable bonds is 4. The Balaban J connectivity index is 1.79. The number of benzene rings is 1. The maximum Gasteiger partial charge on any atom is 0.410 e. The third-order valence-electron chi connectivity index (χ3n) is 8.19. The Labute approximate surface area is 272 Å². The first-order valence-corrected chi connectivity index (χ1v) is 15.2. The summed E-state index contributed by atoms with van der Waals surface area (Å²) in [6.45, 7) is 11.3. The summed E-state index contributed by atoms with van der Waals surface area (Å²) in [7, 11) is 0. The van der Waals surface area contributed by atoms with Crippen LogP contribution >= 0.6 is 0 Å². The molecule has 1 amide bonds. The normalized spacial score (nSPS) is 17.9. The van der Waals surface area contributed by atoms with E-state index in [2.05, 4.69) is 15.0 Å². The van der Waals surface area contributed by atoms with Crippen LogP contribution in [0.3, 0.4) is 0 Å². The van der Waals surface area contributed by atoms with Crippen molar-refractivity contribution in [1.82, 2.24) is 24.4 Å². The Morgan fingerprint density at radius 2 is 1.73 bits per heavy atom. The molecule has 1 fully saturated rings. The van der Waals surface area contributed by atoms with Crippen LogP contribution in [-0.2, 0) is 4.74 Å². The van der Waals surface area contributed by atoms with Crippen molar-refractivity contribution in [2.75, 3.05) is 18.0 Å². The first kappa shape index (κ1) is 34.5. The van der Waals surface area contributed by atoms with Gasteiger partial charge in [0.15, 0.2) is 11.5 Å². The number of ether oxygens (including phenoxy) is 1. The lowest BCUT2D eigenvalue weighted by Gasteiger charge is -2.44. The van der Waals surface area contributed by atoms with Gasteiger partial charge in [0.1, 0.15) is 28.7 Å². The van der Waals surface area contributed by atoms with E-state index in [1.807, 2.05) is 0 Å². The smallest absolute Gasteiger partial charge is 0.410 e. The molecule has 0 bridgehead atoms. The number of carbonyl (C=O) groups is 1. The Bertz CT molecular complexity index is 1940. The summed E-state index contributed by atoms with van der Waals surface area (Å²) in [6.07, 6.45) is -4.12. The summed E-state index contributed by atoms with van der Waals surface area (Å²) in [5.41, 5.74) is -3.99. The van der Waals surface area contributed by atoms with Crippen molar-refractivity contribution >= 4 is 22.9 Å². The Morgan fingerprint density at radius 1 is 1.04 bits per heavy atom. The number of piperazine rings is 1. The highest BCUT2D eigenvalue weighted by atomic mass is 19.4. The van der Waals surface area contributed by atoms with E-state index in [1.165, 1.54) is 30.2 Å². The summed E-state index contributed by atoms with van der Waals surface area (Å²) < 4.78 is 79.5. The summed E-state index contributed by atoms with van der Waals surface area (Å²) >= 11 is 0. The number of aromatic hydroxyl groups is 1. The van der Waals surface area contributed by atoms with Gasteiger partial charge < -0.3 is 19.6 Å². The summed E-state index contributed by atoms with van der Waals surface area (Å²) in [5.74, 6) is -4.93. The number of alkyl halides is 3. The second-order valence-electron chi connectivity index (χ2n) is 13.0. The van der Waals surface area contributed by atoms with Gasteiger partial charge >= 0.3 is 18.0 Å². The first-order valence-electron chi connectivity index (χ1n) is 15.2. The van der Waals surface area contributed by atoms with E-state index < -0.39 is 75.9 Å². The zero-order chi connectivity index (χ0) is 35.5. The van der Waals surface area contributed by atoms with Crippen LogP contribution in [0.15, 0.2) is 41.3 Å². The average Bonchev–Trinajstić information content (AvgIpc) is 2.97. The lowest BCUT2D eigenvalue weighted by molar-refractivity contribution is -0.147. The minimum Gasteiger partial charge on any atom is -0.507 e. The molecule has 3 aromatic heterocycles. The van der Waals surface area contributed by atoms with Crippen molar-refractivity contribution in [2.45, 2.75) is 78.2 Å². The minimum atomic E-state index is -4.74. The van der Waals surface area contributed by atoms with E-state index >= 15 is 8.78 Å². The SMILES string of the molecule is Cc1ccnc([C@@H](C)C(F)(F)F)c1-n1c(=O)nc(N2C[C@@H](C)N(C(=O)OC(C)(C)C)C[C@@H]2C)c2cc(F)c(-c3c(O)cccc3F)nc21. The van der Waals surface area contributed by atoms with Crippen molar-refractivity contribution in [2.24, 2.45) is 0 Å². The number of pyridine rings is 2. The van der Waals surface area contributed by atoms with Crippen LogP contribution in [0.5, 0.6) is 5.75 Å². The van der Waals surface area contributed by atoms with Crippen LogP contribution in [0.25, 0.3) is 28.0 Å². The predicted molar refractivity (Wildman–Crippen MR) is 168 cm³/mol. The molecule has 5 rings (SSSR count). The molecule has 15 heteroatoms. The third kappa shape index (κ3) is 6.37. The molecule has 10 nitrogen and oxygen atoms in total. The number of nitrogens with zero attached hydrogens (tertiary/aromatic N) is 6. The van der Waals surface area contributed by atoms with E-state index in [1.54, 1.807) is 39.5 Å². The minimum absolute atomic E-state index is 0.0443. The number of amides is 1. The van der Waals surface area contributed by atoms with Gasteiger partial charge in [-0.3, -0.25) is 4.98 Å². The molecule has 1 N–H and O–H groups in total. The van der Waals surface area contributed by atoms with E-state index in [0.29, 0.717) is 0 Å². The molecule has 1 saturated heterocycles. The number of hydrogen-bond donors (Lipinski definition) is 1. The summed E-state index contributed by atoms with van der Waals surface area (Å²) in [5, 5.41) is 10.4. The van der Waals surface area contributed by atoms with E-state index in [0.717, 1.165) is 29.7 Å². The van der Waals surface area contributed by atoms with Gasteiger partial charge in [-0.1, -0.05) is 6.07 Å². The molecule has 0 unspecified atom stereocenters. The predicted octanol–water partition coefficient (Wildman–Crippen LogP) is 6.63. The molecule has 1 aliphatic heterocycles. The topological polar surface area (TPSA) is 114 Å². The van der Waals surface area contributed by atoms with E-state index in [9.17, 15) is 27.9 Å². The lowest BCUT2D eigenvalue weighted by atomic mass is 10.0. The molecule has 3 atom stereocenters. The van der Waals surface area contributed by atoms with Crippen molar-refractivity contribution in [3.8, 4) is 22.7 Å². The number of fused-ring (bicyclic) bond motifs is 1. The fourth-order valence-corrected chi connectivity index (χ4v) is 5.78. The van der Waals surface area contributed by atoms with Crippen LogP contribution in [0, 0.1) is 18.6 Å². The highest BCUT2D eigenvalue weighted by molar-refractivity contribution is 5.91. The fourth-order valence-electron chi connectivity index (χ4n) is 5.78. The Hall–Kier alpha value is -4.82. The number of carbonyl (C=O) groups excluding carboxylic acids is 1. The van der Waals surface area contributed by atoms with Gasteiger partial charge in [0.25, 0.3) is 0 Å². The van der Waals surface area contributed by atoms with Gasteiger partial charge in [-0.05, 0) is 78.3 Å². The Kier molecular flexibility index (Phi) is 8.86. The van der Waals surface area contributed by atoms with Crippen LogP contribution in [0.1, 0.15) is 58.7 Å². The van der Waals surface area contributed by atoms with E-state index in [4.69, 9.17) is 4.74 Å². The number of phenols is 1. The Morgan fingerprint density at radius 3 is 2.35 bits per heavy atom. The molecular formula is C33H35F5N6O4. The second kappa shape index (κ2) is 12.3. The second-order valence-corrected chi connectivity index (χ2v) is 13.0. The van der Waals surface area contributed by atoms with Gasteiger partial charge in [0.2, 0.25) is 0 Å². The zero-order valence-corrected chi connectivity index (χ0v) is 27.4. The van der Waals surface area contributed by atoms with Crippen molar-refractivity contribution in [3.05, 3.63) is 69.9 Å². The molecular weight excluding hydrogens is 639 g/mol. The zero-order valence-electron chi connectivity index (χ0n) is 27.4. The molecule has 0 aliphatic carbocycles. The third-order valence-corrected chi connectivity index (χ3v) is 8.19. The quantitative estimate of drug-likeness (QED) is 0.240. The molecule has 0 saturated carbocycles. The van der Waals surface area contributed by atoms with E-state index in [-0.39, 0.29) is 41.2 Å². The molecule has 1 aliphatic rings. The summed E-state index contributed by atoms with van der Waals surface area (Å²) in [4.78, 5) is 42.7. The highest BCUT2D eigenvalue weighted by Crippen LogP contribution is 2.39. The average molecular weight is 675 g/mol. The van der Waals surface area contributed by atoms with Gasteiger partial charge in [-0.2, -0.15) is 18.2 Å². The number of phenolic OH excluding ortho intramolecular Hbond substituents is 1. The van der Waals surface area contributed by atoms with Crippen LogP contribution < -0.4 is 10.6 Å². The first-order chi connectivity index (χ1) is 22.3. The van der Waals surface area contributed by atoms with Crippen molar-refractivity contribution in [1.29, 1.82) is 0 Å². The lowest BCUT2D eigenvalue weighted by Crippen LogP contribution is -2.59. The molecule has 1 aromatic carbocycles.